The van der Waals surface area contributed by atoms with Crippen molar-refractivity contribution in [2.45, 2.75) is 47.0 Å². The highest BCUT2D eigenvalue weighted by molar-refractivity contribution is 5.72. The van der Waals surface area contributed by atoms with Crippen LogP contribution in [0, 0.1) is 0 Å². The molecule has 0 aliphatic carbocycles. The van der Waals surface area contributed by atoms with Gasteiger partial charge in [0.1, 0.15) is 0 Å². The van der Waals surface area contributed by atoms with Crippen LogP contribution in [-0.4, -0.2) is 80.5 Å². The van der Waals surface area contributed by atoms with E-state index in [1.54, 1.807) is 0 Å². The molecule has 1 saturated heterocycles. The van der Waals surface area contributed by atoms with Gasteiger partial charge in [-0.3, -0.25) is 9.83 Å². The monoisotopic (exact) mass is 364 g/mol. The van der Waals surface area contributed by atoms with Crippen LogP contribution in [0.25, 0.3) is 0 Å². The van der Waals surface area contributed by atoms with E-state index in [0.29, 0.717) is 0 Å². The number of aliphatic imine (C=N–C) groups is 1. The van der Waals surface area contributed by atoms with Gasteiger partial charge < -0.3 is 9.80 Å². The quantitative estimate of drug-likeness (QED) is 0.616. The first-order valence-electron chi connectivity index (χ1n) is 10.4. The third kappa shape index (κ3) is 8.47. The Morgan fingerprint density at radius 1 is 1.15 bits per heavy atom. The molecule has 0 saturated carbocycles. The second-order valence-corrected chi connectivity index (χ2v) is 6.74. The summed E-state index contributed by atoms with van der Waals surface area (Å²) in [6, 6.07) is 0. The summed E-state index contributed by atoms with van der Waals surface area (Å²) in [5.74, 6) is 0. The topological polar surface area (TPSA) is 31.3 Å². The Morgan fingerprint density at radius 2 is 1.96 bits per heavy atom. The average molecular weight is 365 g/mol. The van der Waals surface area contributed by atoms with Crippen LogP contribution in [0.5, 0.6) is 0 Å². The highest BCUT2D eigenvalue weighted by Gasteiger charge is 2.14. The van der Waals surface area contributed by atoms with Gasteiger partial charge in [0.05, 0.1) is 13.2 Å². The second kappa shape index (κ2) is 14.0. The lowest BCUT2D eigenvalue weighted by Gasteiger charge is -2.28. The molecule has 150 valence electrons. The van der Waals surface area contributed by atoms with Crippen molar-refractivity contribution in [3.8, 4) is 0 Å². The highest BCUT2D eigenvalue weighted by Crippen LogP contribution is 2.15. The Morgan fingerprint density at radius 3 is 2.73 bits per heavy atom. The minimum atomic E-state index is 0.790. The molecule has 0 aromatic rings. The van der Waals surface area contributed by atoms with Crippen molar-refractivity contribution in [3.63, 3.8) is 0 Å². The summed E-state index contributed by atoms with van der Waals surface area (Å²) >= 11 is 0. The maximum atomic E-state index is 6.00. The summed E-state index contributed by atoms with van der Waals surface area (Å²) in [7, 11) is 2.19. The van der Waals surface area contributed by atoms with Gasteiger partial charge in [0.2, 0.25) is 0 Å². The summed E-state index contributed by atoms with van der Waals surface area (Å²) in [5, 5.41) is 2.15. The van der Waals surface area contributed by atoms with Crippen LogP contribution in [0.15, 0.2) is 28.4 Å². The van der Waals surface area contributed by atoms with E-state index >= 15 is 0 Å². The van der Waals surface area contributed by atoms with Crippen LogP contribution < -0.4 is 0 Å². The number of likely N-dealkylation sites (N-methyl/N-ethyl adjacent to an activating group) is 1. The third-order valence-corrected chi connectivity index (χ3v) is 4.63. The van der Waals surface area contributed by atoms with Crippen LogP contribution in [0.4, 0.5) is 0 Å². The lowest BCUT2D eigenvalue weighted by Crippen LogP contribution is -2.31. The molecule has 0 aromatic carbocycles. The smallest absolute Gasteiger partial charge is 0.0790 e. The van der Waals surface area contributed by atoms with E-state index in [0.717, 1.165) is 58.7 Å². The standard InChI is InChI=1S/C19H34N4O.C2H6/c1-4-10-22(19-17-20-9-5-8-18(19)2)12-7-16-24-23-13-6-11-21(3)14-15-23;1-2/h5,8-9H,4,6-7,10-17H2,1-3H3;1-2H3. The number of hydroxylamine groups is 2. The van der Waals surface area contributed by atoms with Crippen LogP contribution >= 0.6 is 0 Å². The highest BCUT2D eigenvalue weighted by atomic mass is 16.7. The Bertz CT molecular complexity index is 459. The number of rotatable bonds is 8. The fourth-order valence-electron chi connectivity index (χ4n) is 3.21. The molecular formula is C21H40N4O. The lowest BCUT2D eigenvalue weighted by molar-refractivity contribution is -0.157. The molecule has 5 nitrogen and oxygen atoms in total. The van der Waals surface area contributed by atoms with Gasteiger partial charge in [-0.1, -0.05) is 26.8 Å². The lowest BCUT2D eigenvalue weighted by atomic mass is 10.2. The van der Waals surface area contributed by atoms with Crippen molar-refractivity contribution in [1.82, 2.24) is 14.9 Å². The molecule has 26 heavy (non-hydrogen) atoms. The Labute approximate surface area is 161 Å². The summed E-state index contributed by atoms with van der Waals surface area (Å²) in [6.07, 6.45) is 9.50. The molecule has 0 N–H and O–H groups in total. The average Bonchev–Trinajstić information content (AvgIpc) is 2.99. The number of hydrogen-bond acceptors (Lipinski definition) is 5. The van der Waals surface area contributed by atoms with Crippen molar-refractivity contribution >= 4 is 6.21 Å². The largest absolute Gasteiger partial charge is 0.373 e. The van der Waals surface area contributed by atoms with Gasteiger partial charge >= 0.3 is 0 Å². The predicted molar refractivity (Wildman–Crippen MR) is 113 cm³/mol. The molecular weight excluding hydrogens is 324 g/mol. The van der Waals surface area contributed by atoms with E-state index < -0.39 is 0 Å². The van der Waals surface area contributed by atoms with Gasteiger partial charge in [0.25, 0.3) is 0 Å². The molecule has 0 bridgehead atoms. The van der Waals surface area contributed by atoms with E-state index in [-0.39, 0.29) is 0 Å². The zero-order chi connectivity index (χ0) is 19.2. The second-order valence-electron chi connectivity index (χ2n) is 6.74. The van der Waals surface area contributed by atoms with E-state index in [4.69, 9.17) is 4.84 Å². The van der Waals surface area contributed by atoms with E-state index in [1.165, 1.54) is 24.2 Å². The zero-order valence-corrected chi connectivity index (χ0v) is 17.7. The predicted octanol–water partition coefficient (Wildman–Crippen LogP) is 3.60. The van der Waals surface area contributed by atoms with Crippen LogP contribution in [-0.2, 0) is 4.84 Å². The summed E-state index contributed by atoms with van der Waals surface area (Å²) < 4.78 is 0. The first kappa shape index (κ1) is 22.9. The third-order valence-electron chi connectivity index (χ3n) is 4.63. The van der Waals surface area contributed by atoms with E-state index in [2.05, 4.69) is 46.8 Å². The van der Waals surface area contributed by atoms with Crippen molar-refractivity contribution in [3.05, 3.63) is 23.4 Å². The normalized spacial score (nSPS) is 19.0. The van der Waals surface area contributed by atoms with Crippen molar-refractivity contribution in [2.24, 2.45) is 4.99 Å². The molecule has 1 fully saturated rings. The van der Waals surface area contributed by atoms with Crippen molar-refractivity contribution in [1.29, 1.82) is 0 Å². The van der Waals surface area contributed by atoms with Gasteiger partial charge in [-0.05, 0) is 51.4 Å². The molecule has 2 rings (SSSR count). The molecule has 0 atom stereocenters. The fourth-order valence-corrected chi connectivity index (χ4v) is 3.21. The SMILES string of the molecule is CC.CCCN(CCCON1CCCN(C)CC1)C1=C(C)C=CC=NC1. The van der Waals surface area contributed by atoms with Crippen molar-refractivity contribution < 1.29 is 4.84 Å². The van der Waals surface area contributed by atoms with E-state index in [1.807, 2.05) is 26.1 Å². The molecule has 0 aromatic heterocycles. The molecule has 0 spiro atoms. The van der Waals surface area contributed by atoms with Crippen LogP contribution in [0.1, 0.15) is 47.0 Å². The Kier molecular flexibility index (Phi) is 12.3. The molecule has 0 amide bonds. The van der Waals surface area contributed by atoms with Gasteiger partial charge in [-0.25, -0.2) is 0 Å². The van der Waals surface area contributed by atoms with Crippen LogP contribution in [0.3, 0.4) is 0 Å². The minimum Gasteiger partial charge on any atom is -0.373 e. The molecule has 0 unspecified atom stereocenters. The van der Waals surface area contributed by atoms with Crippen LogP contribution in [0.2, 0.25) is 0 Å². The van der Waals surface area contributed by atoms with E-state index in [9.17, 15) is 0 Å². The summed E-state index contributed by atoms with van der Waals surface area (Å²) in [5.41, 5.74) is 2.69. The molecule has 2 aliphatic rings. The van der Waals surface area contributed by atoms with Gasteiger partial charge in [0, 0.05) is 44.6 Å². The molecule has 2 heterocycles. The minimum absolute atomic E-state index is 0.790. The Balaban J connectivity index is 0.00000163. The van der Waals surface area contributed by atoms with Gasteiger partial charge in [-0.15, -0.1) is 0 Å². The fraction of sp³-hybridized carbons (Fsp3) is 0.762. The number of nitrogens with zero attached hydrogens (tertiary/aromatic N) is 4. The Hall–Kier alpha value is -1.17. The molecule has 5 heteroatoms. The zero-order valence-electron chi connectivity index (χ0n) is 17.7. The van der Waals surface area contributed by atoms with Gasteiger partial charge in [-0.2, -0.15) is 5.06 Å². The maximum absolute atomic E-state index is 6.00. The summed E-state index contributed by atoms with van der Waals surface area (Å²) in [4.78, 5) is 15.3. The first-order valence-corrected chi connectivity index (χ1v) is 10.4. The van der Waals surface area contributed by atoms with Crippen molar-refractivity contribution in [2.75, 3.05) is 59.5 Å². The number of allylic oxidation sites excluding steroid dienone is 3. The maximum Gasteiger partial charge on any atom is 0.0790 e. The number of hydrogen-bond donors (Lipinski definition) is 0. The molecule has 0 radical (unpaired) electrons. The summed E-state index contributed by atoms with van der Waals surface area (Å²) in [6.45, 7) is 16.5. The molecule has 2 aliphatic heterocycles. The first-order chi connectivity index (χ1) is 12.7. The van der Waals surface area contributed by atoms with Gasteiger partial charge in [0.15, 0.2) is 0 Å².